The molecule has 0 saturated carbocycles. The molecule has 1 atom stereocenters. The van der Waals surface area contributed by atoms with Gasteiger partial charge < -0.3 is 11.1 Å². The second kappa shape index (κ2) is 9.27. The van der Waals surface area contributed by atoms with Crippen molar-refractivity contribution in [3.05, 3.63) is 42.0 Å². The third-order valence-electron chi connectivity index (χ3n) is 3.65. The maximum atomic E-state index is 12.3. The summed E-state index contributed by atoms with van der Waals surface area (Å²) < 4.78 is 1.68. The maximum Gasteiger partial charge on any atom is 0.251 e. The molecule has 1 unspecified atom stereocenters. The van der Waals surface area contributed by atoms with Crippen LogP contribution in [0.4, 0.5) is 0 Å². The molecule has 0 bridgehead atoms. The Bertz CT molecular complexity index is 615. The number of carbonyl (C=O) groups excluding carboxylic acids is 1. The Hall–Kier alpha value is -1.92. The first-order valence-corrected chi connectivity index (χ1v) is 7.62. The van der Waals surface area contributed by atoms with E-state index in [0.717, 1.165) is 30.5 Å². The number of amides is 1. The lowest BCUT2D eigenvalue weighted by Gasteiger charge is -2.17. The molecule has 0 fully saturated rings. The summed E-state index contributed by atoms with van der Waals surface area (Å²) in [4.78, 5) is 16.3. The Labute approximate surface area is 142 Å². The van der Waals surface area contributed by atoms with Gasteiger partial charge in [-0.1, -0.05) is 19.8 Å². The van der Waals surface area contributed by atoms with E-state index in [2.05, 4.69) is 22.3 Å². The Morgan fingerprint density at radius 2 is 2.22 bits per heavy atom. The van der Waals surface area contributed by atoms with Crippen LogP contribution in [0.2, 0.25) is 0 Å². The lowest BCUT2D eigenvalue weighted by atomic mass is 10.1. The monoisotopic (exact) mass is 337 g/mol. The average molecular weight is 338 g/mol. The second-order valence-electron chi connectivity index (χ2n) is 5.39. The molecule has 2 rings (SSSR count). The smallest absolute Gasteiger partial charge is 0.251 e. The number of unbranched alkanes of at least 4 members (excludes halogenated alkanes) is 1. The largest absolute Gasteiger partial charge is 0.348 e. The first-order chi connectivity index (χ1) is 10.7. The highest BCUT2D eigenvalue weighted by Gasteiger charge is 2.13. The molecule has 0 saturated heterocycles. The van der Waals surface area contributed by atoms with E-state index in [9.17, 15) is 4.79 Å². The fourth-order valence-corrected chi connectivity index (χ4v) is 2.35. The number of aromatic nitrogens is 3. The standard InChI is InChI=1S/C16H23N5O.ClH/c1-3-4-5-14(9-17)20-16(22)13-6-7-15(12(2)8-13)21-11-18-10-19-21;/h6-8,10-11,14H,3-5,9,17H2,1-2H3,(H,20,22);1H. The number of benzene rings is 1. The van der Waals surface area contributed by atoms with Crippen molar-refractivity contribution in [1.29, 1.82) is 0 Å². The number of aryl methyl sites for hydroxylation is 1. The van der Waals surface area contributed by atoms with Crippen LogP contribution in [0.5, 0.6) is 0 Å². The van der Waals surface area contributed by atoms with Crippen LogP contribution < -0.4 is 11.1 Å². The summed E-state index contributed by atoms with van der Waals surface area (Å²) >= 11 is 0. The molecular weight excluding hydrogens is 314 g/mol. The summed E-state index contributed by atoms with van der Waals surface area (Å²) in [7, 11) is 0. The number of nitrogens with two attached hydrogens (primary N) is 1. The van der Waals surface area contributed by atoms with Gasteiger partial charge in [0.1, 0.15) is 12.7 Å². The van der Waals surface area contributed by atoms with Gasteiger partial charge in [-0.15, -0.1) is 12.4 Å². The van der Waals surface area contributed by atoms with E-state index >= 15 is 0 Å². The molecule has 3 N–H and O–H groups in total. The number of nitrogens with zero attached hydrogens (tertiary/aromatic N) is 3. The molecule has 0 aliphatic heterocycles. The molecule has 0 spiro atoms. The van der Waals surface area contributed by atoms with E-state index in [-0.39, 0.29) is 24.4 Å². The summed E-state index contributed by atoms with van der Waals surface area (Å²) in [5.74, 6) is -0.0835. The van der Waals surface area contributed by atoms with E-state index in [4.69, 9.17) is 5.73 Å². The summed E-state index contributed by atoms with van der Waals surface area (Å²) in [6.45, 7) is 4.54. The third kappa shape index (κ3) is 5.04. The van der Waals surface area contributed by atoms with Gasteiger partial charge in [0.15, 0.2) is 0 Å². The van der Waals surface area contributed by atoms with Gasteiger partial charge in [0.05, 0.1) is 5.69 Å². The topological polar surface area (TPSA) is 85.8 Å². The summed E-state index contributed by atoms with van der Waals surface area (Å²) in [6, 6.07) is 5.57. The number of hydrogen-bond donors (Lipinski definition) is 2. The maximum absolute atomic E-state index is 12.3. The zero-order chi connectivity index (χ0) is 15.9. The molecule has 1 aromatic carbocycles. The molecule has 1 amide bonds. The van der Waals surface area contributed by atoms with Crippen molar-refractivity contribution in [2.24, 2.45) is 5.73 Å². The minimum absolute atomic E-state index is 0. The lowest BCUT2D eigenvalue weighted by Crippen LogP contribution is -2.40. The minimum Gasteiger partial charge on any atom is -0.348 e. The molecule has 0 aliphatic rings. The van der Waals surface area contributed by atoms with Crippen molar-refractivity contribution in [3.63, 3.8) is 0 Å². The molecule has 1 heterocycles. The lowest BCUT2D eigenvalue weighted by molar-refractivity contribution is 0.0935. The zero-order valence-electron chi connectivity index (χ0n) is 13.5. The summed E-state index contributed by atoms with van der Waals surface area (Å²) in [6.07, 6.45) is 6.19. The van der Waals surface area contributed by atoms with Crippen LogP contribution in [0.25, 0.3) is 5.69 Å². The van der Waals surface area contributed by atoms with Crippen LogP contribution >= 0.6 is 12.4 Å². The number of carbonyl (C=O) groups is 1. The SMILES string of the molecule is CCCCC(CN)NC(=O)c1ccc(-n2cncn2)c(C)c1.Cl. The molecule has 0 aliphatic carbocycles. The van der Waals surface area contributed by atoms with Gasteiger partial charge in [-0.2, -0.15) is 5.10 Å². The van der Waals surface area contributed by atoms with Gasteiger partial charge in [0.25, 0.3) is 5.91 Å². The van der Waals surface area contributed by atoms with Gasteiger partial charge >= 0.3 is 0 Å². The molecule has 1 aromatic heterocycles. The highest BCUT2D eigenvalue weighted by molar-refractivity contribution is 5.94. The number of halogens is 1. The minimum atomic E-state index is -0.0835. The predicted molar refractivity (Wildman–Crippen MR) is 93.2 cm³/mol. The van der Waals surface area contributed by atoms with E-state index in [1.807, 2.05) is 19.1 Å². The van der Waals surface area contributed by atoms with Crippen molar-refractivity contribution in [1.82, 2.24) is 20.1 Å². The van der Waals surface area contributed by atoms with Crippen LogP contribution in [-0.4, -0.2) is 33.3 Å². The average Bonchev–Trinajstić information content (AvgIpc) is 3.05. The normalized spacial score (nSPS) is 11.6. The molecule has 126 valence electrons. The molecule has 7 heteroatoms. The summed E-state index contributed by atoms with van der Waals surface area (Å²) in [5.41, 5.74) is 8.24. The van der Waals surface area contributed by atoms with Gasteiger partial charge in [-0.3, -0.25) is 4.79 Å². The van der Waals surface area contributed by atoms with Crippen molar-refractivity contribution in [2.45, 2.75) is 39.2 Å². The highest BCUT2D eigenvalue weighted by atomic mass is 35.5. The van der Waals surface area contributed by atoms with Crippen molar-refractivity contribution >= 4 is 18.3 Å². The molecular formula is C16H24ClN5O. The number of nitrogens with one attached hydrogen (secondary N) is 1. The van der Waals surface area contributed by atoms with E-state index < -0.39 is 0 Å². The first kappa shape index (κ1) is 19.1. The Kier molecular flexibility index (Phi) is 7.71. The van der Waals surface area contributed by atoms with E-state index in [0.29, 0.717) is 12.1 Å². The van der Waals surface area contributed by atoms with Crippen molar-refractivity contribution < 1.29 is 4.79 Å². The molecule has 23 heavy (non-hydrogen) atoms. The Morgan fingerprint density at radius 3 is 2.78 bits per heavy atom. The number of rotatable bonds is 7. The van der Waals surface area contributed by atoms with Crippen LogP contribution in [0.15, 0.2) is 30.9 Å². The van der Waals surface area contributed by atoms with Gasteiger partial charge in [0, 0.05) is 18.2 Å². The van der Waals surface area contributed by atoms with Gasteiger partial charge in [-0.25, -0.2) is 9.67 Å². The van der Waals surface area contributed by atoms with E-state index in [1.165, 1.54) is 6.33 Å². The van der Waals surface area contributed by atoms with Crippen LogP contribution in [0.3, 0.4) is 0 Å². The Balaban J connectivity index is 0.00000264. The van der Waals surface area contributed by atoms with Crippen molar-refractivity contribution in [3.8, 4) is 5.69 Å². The van der Waals surface area contributed by atoms with Crippen LogP contribution in [-0.2, 0) is 0 Å². The van der Waals surface area contributed by atoms with E-state index in [1.54, 1.807) is 17.1 Å². The zero-order valence-corrected chi connectivity index (χ0v) is 14.3. The van der Waals surface area contributed by atoms with Crippen LogP contribution in [0.1, 0.15) is 42.1 Å². The molecule has 0 radical (unpaired) electrons. The van der Waals surface area contributed by atoms with Crippen molar-refractivity contribution in [2.75, 3.05) is 6.54 Å². The van der Waals surface area contributed by atoms with Gasteiger partial charge in [0.2, 0.25) is 0 Å². The fraction of sp³-hybridized carbons (Fsp3) is 0.438. The summed E-state index contributed by atoms with van der Waals surface area (Å²) in [5, 5.41) is 7.11. The predicted octanol–water partition coefficient (Wildman–Crippen LogP) is 2.24. The number of hydrogen-bond acceptors (Lipinski definition) is 4. The van der Waals surface area contributed by atoms with Gasteiger partial charge in [-0.05, 0) is 37.1 Å². The Morgan fingerprint density at radius 1 is 1.43 bits per heavy atom. The fourth-order valence-electron chi connectivity index (χ4n) is 2.35. The van der Waals surface area contributed by atoms with Crippen LogP contribution in [0, 0.1) is 6.92 Å². The second-order valence-corrected chi connectivity index (χ2v) is 5.39. The third-order valence-corrected chi connectivity index (χ3v) is 3.65. The molecule has 2 aromatic rings. The quantitative estimate of drug-likeness (QED) is 0.811. The molecule has 6 nitrogen and oxygen atoms in total. The first-order valence-electron chi connectivity index (χ1n) is 7.62. The highest BCUT2D eigenvalue weighted by Crippen LogP contribution is 2.15.